The van der Waals surface area contributed by atoms with E-state index in [0.29, 0.717) is 35.4 Å². The molecule has 3 rings (SSSR count). The lowest BCUT2D eigenvalue weighted by Gasteiger charge is -2.44. The van der Waals surface area contributed by atoms with E-state index in [1.54, 1.807) is 5.57 Å². The molecule has 0 aromatic heterocycles. The molecule has 0 radical (unpaired) electrons. The summed E-state index contributed by atoms with van der Waals surface area (Å²) < 4.78 is 0. The van der Waals surface area contributed by atoms with Gasteiger partial charge in [-0.1, -0.05) is 83.6 Å². The molecule has 178 valence electrons. The standard InChI is InChI=1S/C31H48O/c1-8-30(32)27-14-13-23(5)26(20-27)16-15-25-10-9-19-31(7)28(17-18-29(25)31)24(6)12-11-22(4)21(2)3/h11-12,15-16,21-22,24,27-29H,5,8-10,13-14,17-20H2,1-4,6-7H3/b12-11+,25-15+,26-16+/t22-,24+,27-,28+,29?,31+/m0/s1. The van der Waals surface area contributed by atoms with E-state index in [0.717, 1.165) is 31.1 Å². The minimum atomic E-state index is 0.212. The first-order valence-electron chi connectivity index (χ1n) is 13.5. The third-order valence-electron chi connectivity index (χ3n) is 9.46. The Morgan fingerprint density at radius 1 is 1.09 bits per heavy atom. The molecule has 0 amide bonds. The monoisotopic (exact) mass is 436 g/mol. The van der Waals surface area contributed by atoms with Crippen LogP contribution in [-0.4, -0.2) is 5.78 Å². The fourth-order valence-electron chi connectivity index (χ4n) is 6.83. The van der Waals surface area contributed by atoms with Gasteiger partial charge in [-0.2, -0.15) is 0 Å². The second kappa shape index (κ2) is 10.7. The van der Waals surface area contributed by atoms with Crippen molar-refractivity contribution in [3.63, 3.8) is 0 Å². The lowest BCUT2D eigenvalue weighted by Crippen LogP contribution is -2.35. The van der Waals surface area contributed by atoms with Gasteiger partial charge in [-0.3, -0.25) is 4.79 Å². The maximum atomic E-state index is 12.3. The smallest absolute Gasteiger partial charge is 0.136 e. The quantitative estimate of drug-likeness (QED) is 0.364. The SMILES string of the molecule is C=C1CC[C@H](C(=O)CC)C/C1=C\C=C1/CCC[C@@]2(C)C1CC[C@@H]2[C@H](C)/C=C/[C@H](C)C(C)C. The number of ketones is 1. The summed E-state index contributed by atoms with van der Waals surface area (Å²) in [5.74, 6) is 4.17. The van der Waals surface area contributed by atoms with Crippen molar-refractivity contribution in [1.82, 2.24) is 0 Å². The Bertz CT molecular complexity index is 778. The van der Waals surface area contributed by atoms with E-state index in [4.69, 9.17) is 0 Å². The van der Waals surface area contributed by atoms with Crippen LogP contribution in [0.5, 0.6) is 0 Å². The lowest BCUT2D eigenvalue weighted by molar-refractivity contribution is -0.122. The summed E-state index contributed by atoms with van der Waals surface area (Å²) in [7, 11) is 0. The molecule has 3 fully saturated rings. The van der Waals surface area contributed by atoms with Gasteiger partial charge in [0.05, 0.1) is 0 Å². The number of fused-ring (bicyclic) bond motifs is 1. The van der Waals surface area contributed by atoms with E-state index >= 15 is 0 Å². The first kappa shape index (κ1) is 25.3. The summed E-state index contributed by atoms with van der Waals surface area (Å²) in [6.07, 6.45) is 19.9. The van der Waals surface area contributed by atoms with E-state index in [-0.39, 0.29) is 5.92 Å². The molecule has 0 bridgehead atoms. The topological polar surface area (TPSA) is 17.1 Å². The van der Waals surface area contributed by atoms with Gasteiger partial charge in [0.15, 0.2) is 0 Å². The molecule has 0 N–H and O–H groups in total. The fraction of sp³-hybridized carbons (Fsp3) is 0.710. The summed E-state index contributed by atoms with van der Waals surface area (Å²) in [5.41, 5.74) is 4.68. The van der Waals surface area contributed by atoms with Crippen LogP contribution in [0.25, 0.3) is 0 Å². The van der Waals surface area contributed by atoms with Gasteiger partial charge in [-0.05, 0) is 91.9 Å². The number of carbonyl (C=O) groups is 1. The van der Waals surface area contributed by atoms with E-state index in [1.807, 2.05) is 6.92 Å². The molecule has 1 unspecified atom stereocenters. The number of allylic oxidation sites excluding steroid dienone is 7. The largest absolute Gasteiger partial charge is 0.299 e. The Balaban J connectivity index is 1.75. The number of carbonyl (C=O) groups excluding carboxylic acids is 1. The van der Waals surface area contributed by atoms with Crippen LogP contribution in [0.3, 0.4) is 0 Å². The van der Waals surface area contributed by atoms with Crippen LogP contribution >= 0.6 is 0 Å². The number of Topliss-reactive ketones (excluding diaryl/α,β-unsaturated/α-hetero) is 1. The predicted molar refractivity (Wildman–Crippen MR) is 138 cm³/mol. The molecule has 0 aromatic rings. The highest BCUT2D eigenvalue weighted by Gasteiger charge is 2.50. The first-order chi connectivity index (χ1) is 15.2. The van der Waals surface area contributed by atoms with E-state index in [1.165, 1.54) is 43.3 Å². The summed E-state index contributed by atoms with van der Waals surface area (Å²) in [5, 5.41) is 0. The Hall–Kier alpha value is -1.37. The van der Waals surface area contributed by atoms with Crippen molar-refractivity contribution >= 4 is 5.78 Å². The average molecular weight is 437 g/mol. The maximum Gasteiger partial charge on any atom is 0.136 e. The Kier molecular flexibility index (Phi) is 8.45. The van der Waals surface area contributed by atoms with Gasteiger partial charge in [-0.25, -0.2) is 0 Å². The number of rotatable bonds is 7. The molecule has 3 aliphatic carbocycles. The molecule has 0 heterocycles. The lowest BCUT2D eigenvalue weighted by atomic mass is 9.61. The number of hydrogen-bond donors (Lipinski definition) is 0. The van der Waals surface area contributed by atoms with Gasteiger partial charge < -0.3 is 0 Å². The van der Waals surface area contributed by atoms with E-state index in [9.17, 15) is 4.79 Å². The van der Waals surface area contributed by atoms with E-state index in [2.05, 4.69) is 65.5 Å². The molecule has 1 nitrogen and oxygen atoms in total. The first-order valence-corrected chi connectivity index (χ1v) is 13.5. The van der Waals surface area contributed by atoms with Crippen molar-refractivity contribution in [2.75, 3.05) is 0 Å². The van der Waals surface area contributed by atoms with Gasteiger partial charge in [0.2, 0.25) is 0 Å². The molecule has 0 spiro atoms. The van der Waals surface area contributed by atoms with Crippen LogP contribution < -0.4 is 0 Å². The molecular formula is C31H48O. The van der Waals surface area contributed by atoms with Crippen LogP contribution in [-0.2, 0) is 4.79 Å². The Morgan fingerprint density at radius 2 is 1.84 bits per heavy atom. The van der Waals surface area contributed by atoms with Crippen molar-refractivity contribution in [1.29, 1.82) is 0 Å². The second-order valence-corrected chi connectivity index (χ2v) is 11.7. The van der Waals surface area contributed by atoms with Gasteiger partial charge in [0, 0.05) is 12.3 Å². The highest BCUT2D eigenvalue weighted by molar-refractivity contribution is 5.81. The fourth-order valence-corrected chi connectivity index (χ4v) is 6.83. The molecular weight excluding hydrogens is 388 g/mol. The highest BCUT2D eigenvalue weighted by Crippen LogP contribution is 2.59. The Morgan fingerprint density at radius 3 is 2.53 bits per heavy atom. The van der Waals surface area contributed by atoms with Crippen molar-refractivity contribution in [3.05, 3.63) is 47.6 Å². The van der Waals surface area contributed by atoms with Crippen molar-refractivity contribution in [2.45, 2.75) is 99.3 Å². The third-order valence-corrected chi connectivity index (χ3v) is 9.46. The molecule has 32 heavy (non-hydrogen) atoms. The molecule has 6 atom stereocenters. The van der Waals surface area contributed by atoms with Crippen molar-refractivity contribution in [3.8, 4) is 0 Å². The zero-order valence-electron chi connectivity index (χ0n) is 21.8. The van der Waals surface area contributed by atoms with E-state index < -0.39 is 0 Å². The second-order valence-electron chi connectivity index (χ2n) is 11.7. The molecule has 0 saturated heterocycles. The van der Waals surface area contributed by atoms with Crippen molar-refractivity contribution in [2.24, 2.45) is 40.9 Å². The van der Waals surface area contributed by atoms with Crippen molar-refractivity contribution < 1.29 is 4.79 Å². The molecule has 3 saturated carbocycles. The molecule has 3 aliphatic rings. The predicted octanol–water partition coefficient (Wildman–Crippen LogP) is 8.88. The summed E-state index contributed by atoms with van der Waals surface area (Å²) >= 11 is 0. The molecule has 0 aromatic carbocycles. The average Bonchev–Trinajstić information content (AvgIpc) is 3.13. The van der Waals surface area contributed by atoms with Crippen LogP contribution in [0.4, 0.5) is 0 Å². The zero-order chi connectivity index (χ0) is 23.5. The normalized spacial score (nSPS) is 35.6. The van der Waals surface area contributed by atoms with Crippen LogP contribution in [0.1, 0.15) is 99.3 Å². The molecule has 1 heteroatoms. The van der Waals surface area contributed by atoms with Crippen LogP contribution in [0.2, 0.25) is 0 Å². The summed E-state index contributed by atoms with van der Waals surface area (Å²) in [4.78, 5) is 12.3. The minimum Gasteiger partial charge on any atom is -0.299 e. The third kappa shape index (κ3) is 5.40. The van der Waals surface area contributed by atoms with Gasteiger partial charge in [-0.15, -0.1) is 0 Å². The summed E-state index contributed by atoms with van der Waals surface area (Å²) in [6, 6.07) is 0. The van der Waals surface area contributed by atoms with Gasteiger partial charge in [0.1, 0.15) is 5.78 Å². The zero-order valence-corrected chi connectivity index (χ0v) is 21.8. The van der Waals surface area contributed by atoms with Crippen LogP contribution in [0.15, 0.2) is 47.6 Å². The molecule has 0 aliphatic heterocycles. The highest BCUT2D eigenvalue weighted by atomic mass is 16.1. The number of hydrogen-bond acceptors (Lipinski definition) is 1. The maximum absolute atomic E-state index is 12.3. The van der Waals surface area contributed by atoms with Gasteiger partial charge in [0.25, 0.3) is 0 Å². The van der Waals surface area contributed by atoms with Gasteiger partial charge >= 0.3 is 0 Å². The van der Waals surface area contributed by atoms with Crippen LogP contribution in [0, 0.1) is 40.9 Å². The summed E-state index contributed by atoms with van der Waals surface area (Å²) in [6.45, 7) is 18.3. The minimum absolute atomic E-state index is 0.212. The Labute approximate surface area is 198 Å².